The molecule has 0 aromatic rings. The Hall–Kier alpha value is -0.610. The van der Waals surface area contributed by atoms with Gasteiger partial charge in [0.05, 0.1) is 12.7 Å². The number of carbonyl (C=O) groups excluding carboxylic acids is 1. The van der Waals surface area contributed by atoms with Crippen molar-refractivity contribution in [1.82, 2.24) is 5.32 Å². The first-order valence-electron chi connectivity index (χ1n) is 6.15. The summed E-state index contributed by atoms with van der Waals surface area (Å²) in [7, 11) is 1.54. The number of hydrogen-bond acceptors (Lipinski definition) is 3. The number of rotatable bonds is 5. The van der Waals surface area contributed by atoms with Crippen molar-refractivity contribution in [2.45, 2.75) is 31.8 Å². The zero-order valence-electron chi connectivity index (χ0n) is 9.82. The summed E-state index contributed by atoms with van der Waals surface area (Å²) >= 11 is 0. The fraction of sp³-hybridized carbons (Fsp3) is 0.917. The maximum absolute atomic E-state index is 11.9. The SMILES string of the molecule is COCC(O)CNC(=O)C1CC2CCC1C2. The lowest BCUT2D eigenvalue weighted by atomic mass is 9.88. The molecule has 1 amide bonds. The minimum atomic E-state index is -0.590. The van der Waals surface area contributed by atoms with Crippen molar-refractivity contribution in [2.24, 2.45) is 17.8 Å². The van der Waals surface area contributed by atoms with Gasteiger partial charge in [-0.05, 0) is 31.1 Å². The van der Waals surface area contributed by atoms with Crippen molar-refractivity contribution < 1.29 is 14.6 Å². The lowest BCUT2D eigenvalue weighted by molar-refractivity contribution is -0.127. The third-order valence-electron chi connectivity index (χ3n) is 3.95. The minimum absolute atomic E-state index is 0.127. The molecule has 2 bridgehead atoms. The average molecular weight is 227 g/mol. The molecule has 0 saturated heterocycles. The van der Waals surface area contributed by atoms with Crippen molar-refractivity contribution >= 4 is 5.91 Å². The molecule has 2 aliphatic carbocycles. The summed E-state index contributed by atoms with van der Waals surface area (Å²) in [6.07, 6.45) is 4.22. The summed E-state index contributed by atoms with van der Waals surface area (Å²) in [5, 5.41) is 12.3. The Morgan fingerprint density at radius 1 is 1.50 bits per heavy atom. The van der Waals surface area contributed by atoms with Gasteiger partial charge in [-0.1, -0.05) is 6.42 Å². The van der Waals surface area contributed by atoms with Crippen LogP contribution in [0.3, 0.4) is 0 Å². The Balaban J connectivity index is 1.72. The van der Waals surface area contributed by atoms with E-state index in [2.05, 4.69) is 5.32 Å². The Morgan fingerprint density at radius 3 is 2.88 bits per heavy atom. The van der Waals surface area contributed by atoms with E-state index in [1.54, 1.807) is 7.11 Å². The van der Waals surface area contributed by atoms with Crippen LogP contribution >= 0.6 is 0 Å². The molecule has 0 radical (unpaired) electrons. The molecular weight excluding hydrogens is 206 g/mol. The van der Waals surface area contributed by atoms with E-state index in [0.717, 1.165) is 12.3 Å². The van der Waals surface area contributed by atoms with E-state index >= 15 is 0 Å². The van der Waals surface area contributed by atoms with Crippen molar-refractivity contribution in [2.75, 3.05) is 20.3 Å². The Labute approximate surface area is 96.4 Å². The third-order valence-corrected chi connectivity index (χ3v) is 3.95. The lowest BCUT2D eigenvalue weighted by Gasteiger charge is -2.21. The third kappa shape index (κ3) is 2.55. The molecule has 0 spiro atoms. The first kappa shape index (κ1) is 11.9. The Kier molecular flexibility index (Phi) is 3.82. The summed E-state index contributed by atoms with van der Waals surface area (Å²) in [6, 6.07) is 0. The predicted octanol–water partition coefficient (Wildman–Crippen LogP) is 0.546. The van der Waals surface area contributed by atoms with Crippen molar-refractivity contribution in [3.05, 3.63) is 0 Å². The number of hydrogen-bond donors (Lipinski definition) is 2. The van der Waals surface area contributed by atoms with Gasteiger partial charge >= 0.3 is 0 Å². The molecule has 0 heterocycles. The molecule has 0 aromatic heterocycles. The lowest BCUT2D eigenvalue weighted by Crippen LogP contribution is -2.39. The van der Waals surface area contributed by atoms with Gasteiger partial charge in [0.25, 0.3) is 0 Å². The fourth-order valence-corrected chi connectivity index (χ4v) is 3.17. The molecule has 2 rings (SSSR count). The van der Waals surface area contributed by atoms with Crippen LogP contribution in [-0.4, -0.2) is 37.4 Å². The molecule has 2 fully saturated rings. The molecule has 2 N–H and O–H groups in total. The first-order valence-corrected chi connectivity index (χ1v) is 6.15. The number of methoxy groups -OCH3 is 1. The van der Waals surface area contributed by atoms with Gasteiger partial charge in [0.1, 0.15) is 0 Å². The van der Waals surface area contributed by atoms with E-state index in [9.17, 15) is 9.90 Å². The second-order valence-corrected chi connectivity index (χ2v) is 5.14. The van der Waals surface area contributed by atoms with Gasteiger partial charge in [0.15, 0.2) is 0 Å². The normalized spacial score (nSPS) is 34.0. The molecule has 4 unspecified atom stereocenters. The number of fused-ring (bicyclic) bond motifs is 2. The Morgan fingerprint density at radius 2 is 2.31 bits per heavy atom. The minimum Gasteiger partial charge on any atom is -0.389 e. The molecule has 4 heteroatoms. The number of nitrogens with one attached hydrogen (secondary N) is 1. The van der Waals surface area contributed by atoms with E-state index in [1.807, 2.05) is 0 Å². The smallest absolute Gasteiger partial charge is 0.223 e. The zero-order chi connectivity index (χ0) is 11.5. The molecule has 0 aromatic carbocycles. The van der Waals surface area contributed by atoms with Crippen LogP contribution in [0, 0.1) is 17.8 Å². The maximum Gasteiger partial charge on any atom is 0.223 e. The van der Waals surface area contributed by atoms with Gasteiger partial charge in [-0.15, -0.1) is 0 Å². The van der Waals surface area contributed by atoms with Gasteiger partial charge < -0.3 is 15.2 Å². The molecule has 2 saturated carbocycles. The quantitative estimate of drug-likeness (QED) is 0.721. The standard InChI is InChI=1S/C12H21NO3/c1-16-7-10(14)6-13-12(15)11-5-8-2-3-9(11)4-8/h8-11,14H,2-7H2,1H3,(H,13,15). The van der Waals surface area contributed by atoms with E-state index in [0.29, 0.717) is 12.5 Å². The van der Waals surface area contributed by atoms with E-state index in [1.165, 1.54) is 19.3 Å². The highest BCUT2D eigenvalue weighted by atomic mass is 16.5. The summed E-state index contributed by atoms with van der Waals surface area (Å²) in [5.41, 5.74) is 0. The molecule has 4 nitrogen and oxygen atoms in total. The number of aliphatic hydroxyl groups excluding tert-OH is 1. The maximum atomic E-state index is 11.9. The van der Waals surface area contributed by atoms with Crippen LogP contribution in [0.1, 0.15) is 25.7 Å². The second-order valence-electron chi connectivity index (χ2n) is 5.14. The fourth-order valence-electron chi connectivity index (χ4n) is 3.17. The monoisotopic (exact) mass is 227 g/mol. The second kappa shape index (κ2) is 5.15. The van der Waals surface area contributed by atoms with E-state index < -0.39 is 6.10 Å². The molecule has 92 valence electrons. The van der Waals surface area contributed by atoms with Gasteiger partial charge in [-0.3, -0.25) is 4.79 Å². The van der Waals surface area contributed by atoms with Crippen LogP contribution < -0.4 is 5.32 Å². The van der Waals surface area contributed by atoms with Gasteiger partial charge in [0, 0.05) is 19.6 Å². The van der Waals surface area contributed by atoms with Crippen molar-refractivity contribution in [3.8, 4) is 0 Å². The highest BCUT2D eigenvalue weighted by molar-refractivity contribution is 5.79. The molecule has 2 aliphatic rings. The van der Waals surface area contributed by atoms with Gasteiger partial charge in [-0.2, -0.15) is 0 Å². The summed E-state index contributed by atoms with van der Waals surface area (Å²) in [5.74, 6) is 1.71. The number of ether oxygens (including phenoxy) is 1. The van der Waals surface area contributed by atoms with Crippen LogP contribution in [0.25, 0.3) is 0 Å². The number of aliphatic hydroxyl groups is 1. The highest BCUT2D eigenvalue weighted by Crippen LogP contribution is 2.48. The summed E-state index contributed by atoms with van der Waals surface area (Å²) < 4.78 is 4.81. The number of amides is 1. The largest absolute Gasteiger partial charge is 0.389 e. The number of carbonyl (C=O) groups is 1. The van der Waals surface area contributed by atoms with E-state index in [4.69, 9.17) is 4.74 Å². The molecular formula is C12H21NO3. The average Bonchev–Trinajstić information content (AvgIpc) is 2.88. The van der Waals surface area contributed by atoms with Gasteiger partial charge in [0.2, 0.25) is 5.91 Å². The topological polar surface area (TPSA) is 58.6 Å². The van der Waals surface area contributed by atoms with Crippen molar-refractivity contribution in [1.29, 1.82) is 0 Å². The molecule has 4 atom stereocenters. The van der Waals surface area contributed by atoms with Crippen LogP contribution in [0.2, 0.25) is 0 Å². The summed E-state index contributed by atoms with van der Waals surface area (Å²) in [6.45, 7) is 0.581. The summed E-state index contributed by atoms with van der Waals surface area (Å²) in [4.78, 5) is 11.9. The molecule has 0 aliphatic heterocycles. The molecule has 16 heavy (non-hydrogen) atoms. The predicted molar refractivity (Wildman–Crippen MR) is 59.8 cm³/mol. The van der Waals surface area contributed by atoms with Crippen LogP contribution in [0.15, 0.2) is 0 Å². The van der Waals surface area contributed by atoms with Crippen molar-refractivity contribution in [3.63, 3.8) is 0 Å². The Bertz CT molecular complexity index is 257. The van der Waals surface area contributed by atoms with Crippen LogP contribution in [-0.2, 0) is 9.53 Å². The zero-order valence-corrected chi connectivity index (χ0v) is 9.82. The first-order chi connectivity index (χ1) is 7.70. The van der Waals surface area contributed by atoms with Crippen LogP contribution in [0.4, 0.5) is 0 Å². The van der Waals surface area contributed by atoms with E-state index in [-0.39, 0.29) is 18.4 Å². The highest BCUT2D eigenvalue weighted by Gasteiger charge is 2.42. The van der Waals surface area contributed by atoms with Crippen LogP contribution in [0.5, 0.6) is 0 Å². The van der Waals surface area contributed by atoms with Gasteiger partial charge in [-0.25, -0.2) is 0 Å².